The molecule has 0 saturated heterocycles. The van der Waals surface area contributed by atoms with Crippen molar-refractivity contribution in [2.75, 3.05) is 12.4 Å². The second-order valence-electron chi connectivity index (χ2n) is 4.97. The number of nitrogens with one attached hydrogen (secondary N) is 1. The monoisotopic (exact) mass is 297 g/mol. The second kappa shape index (κ2) is 7.41. The lowest BCUT2D eigenvalue weighted by molar-refractivity contribution is 0.0600. The summed E-state index contributed by atoms with van der Waals surface area (Å²) in [5, 5.41) is 2.84. The van der Waals surface area contributed by atoms with E-state index < -0.39 is 5.97 Å². The maximum Gasteiger partial charge on any atom is 0.337 e. The number of anilines is 1. The Labute approximate surface area is 130 Å². The van der Waals surface area contributed by atoms with Crippen molar-refractivity contribution < 1.29 is 14.3 Å². The molecule has 0 radical (unpaired) electrons. The molecule has 1 N–H and O–H groups in total. The van der Waals surface area contributed by atoms with Gasteiger partial charge in [0.25, 0.3) is 5.91 Å². The first-order chi connectivity index (χ1) is 10.6. The predicted octanol–water partition coefficient (Wildman–Crippen LogP) is 3.68. The number of benzene rings is 2. The Balaban J connectivity index is 2.03. The van der Waals surface area contributed by atoms with Gasteiger partial charge < -0.3 is 10.1 Å². The van der Waals surface area contributed by atoms with Gasteiger partial charge in [0.2, 0.25) is 0 Å². The van der Waals surface area contributed by atoms with E-state index >= 15 is 0 Å². The number of esters is 1. The molecule has 0 aliphatic rings. The Kier molecular flexibility index (Phi) is 5.31. The van der Waals surface area contributed by atoms with Crippen molar-refractivity contribution in [1.82, 2.24) is 0 Å². The Hall–Kier alpha value is -2.62. The van der Waals surface area contributed by atoms with E-state index in [1.807, 2.05) is 24.3 Å². The standard InChI is InChI=1S/C18H19NO3/c1-3-4-13-5-11-16(12-6-13)19-17(20)14-7-9-15(10-8-14)18(21)22-2/h5-12H,3-4H2,1-2H3,(H,19,20). The maximum absolute atomic E-state index is 12.1. The van der Waals surface area contributed by atoms with Crippen molar-refractivity contribution >= 4 is 17.6 Å². The lowest BCUT2D eigenvalue weighted by Gasteiger charge is -2.07. The summed E-state index contributed by atoms with van der Waals surface area (Å²) in [6, 6.07) is 14.2. The zero-order valence-corrected chi connectivity index (χ0v) is 12.8. The topological polar surface area (TPSA) is 55.4 Å². The van der Waals surface area contributed by atoms with Crippen molar-refractivity contribution in [3.63, 3.8) is 0 Å². The van der Waals surface area contributed by atoms with Crippen LogP contribution >= 0.6 is 0 Å². The summed E-state index contributed by atoms with van der Waals surface area (Å²) in [5.74, 6) is -0.627. The first-order valence-electron chi connectivity index (χ1n) is 7.22. The van der Waals surface area contributed by atoms with E-state index in [1.54, 1.807) is 24.3 Å². The number of methoxy groups -OCH3 is 1. The van der Waals surface area contributed by atoms with E-state index in [0.717, 1.165) is 18.5 Å². The second-order valence-corrected chi connectivity index (χ2v) is 4.97. The average Bonchev–Trinajstić information content (AvgIpc) is 2.56. The van der Waals surface area contributed by atoms with Crippen molar-refractivity contribution in [1.29, 1.82) is 0 Å². The predicted molar refractivity (Wildman–Crippen MR) is 86.2 cm³/mol. The summed E-state index contributed by atoms with van der Waals surface area (Å²) in [4.78, 5) is 23.5. The Morgan fingerprint density at radius 1 is 0.955 bits per heavy atom. The molecule has 0 unspecified atom stereocenters. The van der Waals surface area contributed by atoms with Gasteiger partial charge in [0.1, 0.15) is 0 Å². The largest absolute Gasteiger partial charge is 0.465 e. The number of hydrogen-bond donors (Lipinski definition) is 1. The molecule has 0 aliphatic carbocycles. The van der Waals surface area contributed by atoms with E-state index in [2.05, 4.69) is 17.0 Å². The minimum Gasteiger partial charge on any atom is -0.465 e. The van der Waals surface area contributed by atoms with Crippen LogP contribution in [0, 0.1) is 0 Å². The quantitative estimate of drug-likeness (QED) is 0.857. The van der Waals surface area contributed by atoms with Crippen LogP contribution in [-0.2, 0) is 11.2 Å². The van der Waals surface area contributed by atoms with Gasteiger partial charge in [-0.15, -0.1) is 0 Å². The molecule has 0 bridgehead atoms. The number of carbonyl (C=O) groups is 2. The SMILES string of the molecule is CCCc1ccc(NC(=O)c2ccc(C(=O)OC)cc2)cc1. The number of ether oxygens (including phenoxy) is 1. The lowest BCUT2D eigenvalue weighted by Crippen LogP contribution is -2.12. The van der Waals surface area contributed by atoms with Crippen LogP contribution in [0.5, 0.6) is 0 Å². The highest BCUT2D eigenvalue weighted by Gasteiger charge is 2.09. The fraction of sp³-hybridized carbons (Fsp3) is 0.222. The summed E-state index contributed by atoms with van der Waals surface area (Å²) in [6.45, 7) is 2.13. The number of rotatable bonds is 5. The minimum atomic E-state index is -0.418. The molecular weight excluding hydrogens is 278 g/mol. The third-order valence-electron chi connectivity index (χ3n) is 3.32. The molecule has 22 heavy (non-hydrogen) atoms. The smallest absolute Gasteiger partial charge is 0.337 e. The first kappa shape index (κ1) is 15.8. The normalized spacial score (nSPS) is 10.1. The average molecular weight is 297 g/mol. The molecule has 0 atom stereocenters. The molecule has 0 aliphatic heterocycles. The molecule has 4 nitrogen and oxygen atoms in total. The number of amides is 1. The molecule has 0 spiro atoms. The number of aryl methyl sites for hydroxylation is 1. The van der Waals surface area contributed by atoms with Crippen LogP contribution in [0.15, 0.2) is 48.5 Å². The number of carbonyl (C=O) groups excluding carboxylic acids is 2. The van der Waals surface area contributed by atoms with E-state index in [0.29, 0.717) is 11.1 Å². The molecule has 2 rings (SSSR count). The zero-order valence-electron chi connectivity index (χ0n) is 12.8. The fourth-order valence-corrected chi connectivity index (χ4v) is 2.12. The summed E-state index contributed by atoms with van der Waals surface area (Å²) in [7, 11) is 1.32. The molecule has 2 aromatic carbocycles. The van der Waals surface area contributed by atoms with Crippen molar-refractivity contribution in [3.8, 4) is 0 Å². The van der Waals surface area contributed by atoms with Gasteiger partial charge in [-0.05, 0) is 48.4 Å². The van der Waals surface area contributed by atoms with Crippen LogP contribution < -0.4 is 5.32 Å². The van der Waals surface area contributed by atoms with E-state index in [-0.39, 0.29) is 5.91 Å². The maximum atomic E-state index is 12.1. The zero-order chi connectivity index (χ0) is 15.9. The first-order valence-corrected chi connectivity index (χ1v) is 7.22. The van der Waals surface area contributed by atoms with Crippen LogP contribution in [-0.4, -0.2) is 19.0 Å². The molecule has 0 heterocycles. The highest BCUT2D eigenvalue weighted by atomic mass is 16.5. The summed E-state index contributed by atoms with van der Waals surface area (Å²) >= 11 is 0. The third-order valence-corrected chi connectivity index (χ3v) is 3.32. The van der Waals surface area contributed by atoms with Gasteiger partial charge in [0, 0.05) is 11.3 Å². The van der Waals surface area contributed by atoms with Gasteiger partial charge in [-0.3, -0.25) is 4.79 Å². The fourth-order valence-electron chi connectivity index (χ4n) is 2.12. The van der Waals surface area contributed by atoms with Gasteiger partial charge in [0.05, 0.1) is 12.7 Å². The van der Waals surface area contributed by atoms with Crippen LogP contribution in [0.4, 0.5) is 5.69 Å². The lowest BCUT2D eigenvalue weighted by atomic mass is 10.1. The molecule has 0 aromatic heterocycles. The molecule has 1 amide bonds. The molecule has 0 saturated carbocycles. The van der Waals surface area contributed by atoms with Crippen molar-refractivity contribution in [2.45, 2.75) is 19.8 Å². The summed E-state index contributed by atoms with van der Waals surface area (Å²) < 4.78 is 4.62. The molecule has 4 heteroatoms. The molecular formula is C18H19NO3. The van der Waals surface area contributed by atoms with Crippen LogP contribution in [0.25, 0.3) is 0 Å². The Bertz CT molecular complexity index is 645. The van der Waals surface area contributed by atoms with Crippen LogP contribution in [0.3, 0.4) is 0 Å². The third kappa shape index (κ3) is 3.95. The van der Waals surface area contributed by atoms with E-state index in [1.165, 1.54) is 12.7 Å². The van der Waals surface area contributed by atoms with Crippen molar-refractivity contribution in [3.05, 3.63) is 65.2 Å². The summed E-state index contributed by atoms with van der Waals surface area (Å²) in [5.41, 5.74) is 2.91. The van der Waals surface area contributed by atoms with Crippen LogP contribution in [0.2, 0.25) is 0 Å². The van der Waals surface area contributed by atoms with Gasteiger partial charge in [0.15, 0.2) is 0 Å². The highest BCUT2D eigenvalue weighted by Crippen LogP contribution is 2.13. The molecule has 0 fully saturated rings. The Morgan fingerprint density at radius 3 is 2.09 bits per heavy atom. The van der Waals surface area contributed by atoms with E-state index in [4.69, 9.17) is 0 Å². The van der Waals surface area contributed by atoms with Gasteiger partial charge >= 0.3 is 5.97 Å². The molecule has 114 valence electrons. The van der Waals surface area contributed by atoms with Crippen LogP contribution in [0.1, 0.15) is 39.6 Å². The molecule has 2 aromatic rings. The van der Waals surface area contributed by atoms with Crippen molar-refractivity contribution in [2.24, 2.45) is 0 Å². The Morgan fingerprint density at radius 2 is 1.55 bits per heavy atom. The highest BCUT2D eigenvalue weighted by molar-refractivity contribution is 6.04. The van der Waals surface area contributed by atoms with Gasteiger partial charge in [-0.25, -0.2) is 4.79 Å². The van der Waals surface area contributed by atoms with E-state index in [9.17, 15) is 9.59 Å². The summed E-state index contributed by atoms with van der Waals surface area (Å²) in [6.07, 6.45) is 2.13. The minimum absolute atomic E-state index is 0.209. The van der Waals surface area contributed by atoms with Gasteiger partial charge in [-0.2, -0.15) is 0 Å². The number of hydrogen-bond acceptors (Lipinski definition) is 3. The van der Waals surface area contributed by atoms with Gasteiger partial charge in [-0.1, -0.05) is 25.5 Å².